The van der Waals surface area contributed by atoms with Crippen LogP contribution in [0.5, 0.6) is 5.88 Å². The molecule has 0 spiro atoms. The minimum absolute atomic E-state index is 0.0279. The summed E-state index contributed by atoms with van der Waals surface area (Å²) in [6.07, 6.45) is 4.87. The molecule has 2 aliphatic rings. The zero-order chi connectivity index (χ0) is 20.5. The molecule has 0 saturated heterocycles. The van der Waals surface area contributed by atoms with E-state index >= 15 is 0 Å². The van der Waals surface area contributed by atoms with Crippen molar-refractivity contribution in [2.45, 2.75) is 57.5 Å². The number of amides is 1. The van der Waals surface area contributed by atoms with Gasteiger partial charge in [-0.25, -0.2) is 9.80 Å². The highest BCUT2D eigenvalue weighted by molar-refractivity contribution is 6.04. The SMILES string of the molecule is CC(=O)N1N=C(c2c(O)n(C3CCCCC3)c(=O)[nH]c2=O)CC1c1ccccc1. The Bertz CT molecular complexity index is 1060. The third-order valence-electron chi connectivity index (χ3n) is 5.76. The van der Waals surface area contributed by atoms with Gasteiger partial charge >= 0.3 is 5.69 Å². The van der Waals surface area contributed by atoms with Crippen LogP contribution in [0.1, 0.15) is 68.7 Å². The Morgan fingerprint density at radius 2 is 1.83 bits per heavy atom. The lowest BCUT2D eigenvalue weighted by atomic mass is 9.95. The lowest BCUT2D eigenvalue weighted by Gasteiger charge is -2.25. The van der Waals surface area contributed by atoms with E-state index in [1.165, 1.54) is 16.5 Å². The molecule has 1 aliphatic heterocycles. The molecule has 2 N–H and O–H groups in total. The van der Waals surface area contributed by atoms with Crippen LogP contribution in [0, 0.1) is 0 Å². The number of hydrogen-bond donors (Lipinski definition) is 2. The quantitative estimate of drug-likeness (QED) is 0.831. The predicted octanol–water partition coefficient (Wildman–Crippen LogP) is 2.45. The highest BCUT2D eigenvalue weighted by atomic mass is 16.3. The third kappa shape index (κ3) is 3.50. The average molecular weight is 396 g/mol. The molecule has 2 aromatic rings. The summed E-state index contributed by atoms with van der Waals surface area (Å²) in [7, 11) is 0. The number of nitrogens with zero attached hydrogens (tertiary/aromatic N) is 3. The highest BCUT2D eigenvalue weighted by Crippen LogP contribution is 2.35. The van der Waals surface area contributed by atoms with E-state index in [2.05, 4.69) is 10.1 Å². The van der Waals surface area contributed by atoms with Crippen LogP contribution in [0.2, 0.25) is 0 Å². The first-order chi connectivity index (χ1) is 14.0. The number of H-pyrrole nitrogens is 1. The molecule has 1 aromatic carbocycles. The molecular weight excluding hydrogens is 372 g/mol. The van der Waals surface area contributed by atoms with Gasteiger partial charge in [0, 0.05) is 19.4 Å². The van der Waals surface area contributed by atoms with Crippen LogP contribution in [-0.4, -0.2) is 31.3 Å². The Morgan fingerprint density at radius 1 is 1.14 bits per heavy atom. The number of benzene rings is 1. The number of nitrogens with one attached hydrogen (secondary N) is 1. The van der Waals surface area contributed by atoms with Gasteiger partial charge in [-0.2, -0.15) is 5.10 Å². The number of aromatic nitrogens is 2. The van der Waals surface area contributed by atoms with Crippen LogP contribution < -0.4 is 11.2 Å². The molecule has 8 nitrogen and oxygen atoms in total. The Balaban J connectivity index is 1.78. The van der Waals surface area contributed by atoms with Gasteiger partial charge in [0.05, 0.1) is 11.8 Å². The molecule has 1 aromatic heterocycles. The van der Waals surface area contributed by atoms with E-state index in [-0.39, 0.29) is 35.9 Å². The Labute approximate surface area is 167 Å². The second-order valence-electron chi connectivity index (χ2n) is 7.66. The number of carbonyl (C=O) groups is 1. The van der Waals surface area contributed by atoms with Crippen LogP contribution in [-0.2, 0) is 4.79 Å². The first kappa shape index (κ1) is 19.2. The van der Waals surface area contributed by atoms with Crippen molar-refractivity contribution in [2.24, 2.45) is 5.10 Å². The fourth-order valence-electron chi connectivity index (χ4n) is 4.36. The van der Waals surface area contributed by atoms with E-state index in [0.717, 1.165) is 37.7 Å². The number of hydrazone groups is 1. The largest absolute Gasteiger partial charge is 0.494 e. The summed E-state index contributed by atoms with van der Waals surface area (Å²) < 4.78 is 1.28. The molecule has 29 heavy (non-hydrogen) atoms. The van der Waals surface area contributed by atoms with E-state index in [1.807, 2.05) is 30.3 Å². The Morgan fingerprint density at radius 3 is 2.48 bits per heavy atom. The lowest BCUT2D eigenvalue weighted by molar-refractivity contribution is -0.130. The molecule has 1 fully saturated rings. The van der Waals surface area contributed by atoms with E-state index in [0.29, 0.717) is 5.71 Å². The topological polar surface area (TPSA) is 108 Å². The summed E-state index contributed by atoms with van der Waals surface area (Å²) in [5.74, 6) is -0.619. The maximum atomic E-state index is 12.6. The van der Waals surface area contributed by atoms with E-state index in [4.69, 9.17) is 0 Å². The fourth-order valence-corrected chi connectivity index (χ4v) is 4.36. The highest BCUT2D eigenvalue weighted by Gasteiger charge is 2.35. The zero-order valence-electron chi connectivity index (χ0n) is 16.3. The van der Waals surface area contributed by atoms with Gasteiger partial charge in [0.15, 0.2) is 0 Å². The number of carbonyl (C=O) groups excluding carboxylic acids is 1. The summed E-state index contributed by atoms with van der Waals surface area (Å²) in [4.78, 5) is 39.5. The van der Waals surface area contributed by atoms with Crippen LogP contribution in [0.4, 0.5) is 0 Å². The predicted molar refractivity (Wildman–Crippen MR) is 108 cm³/mol. The Hall–Kier alpha value is -3.16. The van der Waals surface area contributed by atoms with Crippen LogP contribution in [0.25, 0.3) is 0 Å². The third-order valence-corrected chi connectivity index (χ3v) is 5.76. The maximum absolute atomic E-state index is 12.6. The smallest absolute Gasteiger partial charge is 0.331 e. The van der Waals surface area contributed by atoms with Gasteiger partial charge in [-0.3, -0.25) is 19.1 Å². The molecule has 0 radical (unpaired) electrons. The van der Waals surface area contributed by atoms with E-state index < -0.39 is 11.2 Å². The molecule has 1 amide bonds. The fraction of sp³-hybridized carbons (Fsp3) is 0.429. The number of aromatic hydroxyl groups is 1. The summed E-state index contributed by atoms with van der Waals surface area (Å²) in [6.45, 7) is 1.41. The van der Waals surface area contributed by atoms with Crippen molar-refractivity contribution >= 4 is 11.6 Å². The van der Waals surface area contributed by atoms with E-state index in [9.17, 15) is 19.5 Å². The van der Waals surface area contributed by atoms with Crippen LogP contribution in [0.3, 0.4) is 0 Å². The van der Waals surface area contributed by atoms with Gasteiger partial charge in [0.1, 0.15) is 5.56 Å². The van der Waals surface area contributed by atoms with Crippen molar-refractivity contribution in [1.29, 1.82) is 0 Å². The lowest BCUT2D eigenvalue weighted by Crippen LogP contribution is -2.36. The first-order valence-corrected chi connectivity index (χ1v) is 9.97. The summed E-state index contributed by atoms with van der Waals surface area (Å²) in [6, 6.07) is 8.91. The monoisotopic (exact) mass is 396 g/mol. The minimum atomic E-state index is -0.685. The molecule has 4 rings (SSSR count). The van der Waals surface area contributed by atoms with E-state index in [1.54, 1.807) is 0 Å². The van der Waals surface area contributed by atoms with Crippen LogP contribution in [0.15, 0.2) is 45.0 Å². The van der Waals surface area contributed by atoms with Gasteiger partial charge in [0.2, 0.25) is 11.8 Å². The van der Waals surface area contributed by atoms with Crippen molar-refractivity contribution < 1.29 is 9.90 Å². The van der Waals surface area contributed by atoms with Gasteiger partial charge in [-0.05, 0) is 18.4 Å². The van der Waals surface area contributed by atoms with Gasteiger partial charge in [-0.1, -0.05) is 49.6 Å². The van der Waals surface area contributed by atoms with Gasteiger partial charge < -0.3 is 5.11 Å². The molecule has 1 saturated carbocycles. The summed E-state index contributed by atoms with van der Waals surface area (Å²) in [5.41, 5.74) is -0.129. The van der Waals surface area contributed by atoms with Crippen molar-refractivity contribution in [3.63, 3.8) is 0 Å². The zero-order valence-corrected chi connectivity index (χ0v) is 16.3. The molecule has 0 bridgehead atoms. The molecule has 8 heteroatoms. The maximum Gasteiger partial charge on any atom is 0.331 e. The number of aromatic amines is 1. The Kier molecular flexibility index (Phi) is 5.08. The summed E-state index contributed by atoms with van der Waals surface area (Å²) >= 11 is 0. The molecule has 1 unspecified atom stereocenters. The van der Waals surface area contributed by atoms with Crippen molar-refractivity contribution in [3.8, 4) is 5.88 Å². The van der Waals surface area contributed by atoms with Crippen LogP contribution >= 0.6 is 0 Å². The number of rotatable bonds is 3. The minimum Gasteiger partial charge on any atom is -0.494 e. The average Bonchev–Trinajstić information content (AvgIpc) is 3.14. The summed E-state index contributed by atoms with van der Waals surface area (Å²) in [5, 5.41) is 16.6. The van der Waals surface area contributed by atoms with Crippen molar-refractivity contribution in [1.82, 2.24) is 14.6 Å². The van der Waals surface area contributed by atoms with Gasteiger partial charge in [0.25, 0.3) is 5.56 Å². The molecule has 152 valence electrons. The molecular formula is C21H24N4O4. The first-order valence-electron chi connectivity index (χ1n) is 9.97. The number of hydrogen-bond acceptors (Lipinski definition) is 5. The van der Waals surface area contributed by atoms with Crippen molar-refractivity contribution in [3.05, 3.63) is 62.3 Å². The molecule has 2 heterocycles. The molecule has 1 aliphatic carbocycles. The van der Waals surface area contributed by atoms with Gasteiger partial charge in [-0.15, -0.1) is 0 Å². The second-order valence-corrected chi connectivity index (χ2v) is 7.66. The normalized spacial score (nSPS) is 20.0. The second kappa shape index (κ2) is 7.69. The van der Waals surface area contributed by atoms with Crippen molar-refractivity contribution in [2.75, 3.05) is 0 Å². The standard InChI is InChI=1S/C21H24N4O4/c1-13(26)25-17(14-8-4-2-5-9-14)12-16(23-25)18-19(27)22-21(29)24(20(18)28)15-10-6-3-7-11-15/h2,4-5,8-9,15,17,28H,3,6-7,10-12H2,1H3,(H,22,27,29). The molecule has 1 atom stereocenters.